The van der Waals surface area contributed by atoms with E-state index in [0.717, 1.165) is 37.9 Å². The zero-order valence-electron chi connectivity index (χ0n) is 9.61. The van der Waals surface area contributed by atoms with Crippen molar-refractivity contribution in [3.05, 3.63) is 17.0 Å². The van der Waals surface area contributed by atoms with Crippen molar-refractivity contribution in [2.75, 3.05) is 31.2 Å². The van der Waals surface area contributed by atoms with Gasteiger partial charge >= 0.3 is 0 Å². The summed E-state index contributed by atoms with van der Waals surface area (Å²) in [6.45, 7) is 7.36. The number of halogens is 1. The highest BCUT2D eigenvalue weighted by Gasteiger charge is 2.15. The lowest BCUT2D eigenvalue weighted by Crippen LogP contribution is -2.37. The number of anilines is 1. The Balaban J connectivity index is 2.25. The van der Waals surface area contributed by atoms with Crippen LogP contribution < -0.4 is 4.90 Å². The second-order valence-electron chi connectivity index (χ2n) is 4.16. The summed E-state index contributed by atoms with van der Waals surface area (Å²) in [4.78, 5) is 10.9. The molecule has 0 N–H and O–H groups in total. The zero-order chi connectivity index (χ0) is 11.5. The molecule has 1 fully saturated rings. The fourth-order valence-electron chi connectivity index (χ4n) is 1.64. The van der Waals surface area contributed by atoms with Gasteiger partial charge in [0.15, 0.2) is 0 Å². The van der Waals surface area contributed by atoms with E-state index in [4.69, 9.17) is 16.3 Å². The molecular weight excluding hydrogens is 226 g/mol. The van der Waals surface area contributed by atoms with Crippen LogP contribution in [0.15, 0.2) is 6.07 Å². The molecule has 0 spiro atoms. The third-order valence-corrected chi connectivity index (χ3v) is 2.74. The first-order valence-corrected chi connectivity index (χ1v) is 5.92. The molecule has 88 valence electrons. The van der Waals surface area contributed by atoms with Crippen molar-refractivity contribution in [1.29, 1.82) is 0 Å². The Bertz CT molecular complexity index is 364. The highest BCUT2D eigenvalue weighted by Crippen LogP contribution is 2.20. The van der Waals surface area contributed by atoms with Gasteiger partial charge < -0.3 is 9.64 Å². The predicted octanol–water partition coefficient (Wildman–Crippen LogP) is 2.09. The van der Waals surface area contributed by atoms with Crippen LogP contribution in [0.5, 0.6) is 0 Å². The standard InChI is InChI=1S/C11H16ClN3O/c1-8(2)11-13-9(12)7-10(14-11)15-3-5-16-6-4-15/h7-8H,3-6H2,1-2H3. The van der Waals surface area contributed by atoms with E-state index in [1.807, 2.05) is 6.07 Å². The van der Waals surface area contributed by atoms with E-state index in [0.29, 0.717) is 11.1 Å². The van der Waals surface area contributed by atoms with Crippen molar-refractivity contribution < 1.29 is 4.74 Å². The summed E-state index contributed by atoms with van der Waals surface area (Å²) in [5.41, 5.74) is 0. The molecule has 0 unspecified atom stereocenters. The van der Waals surface area contributed by atoms with Gasteiger partial charge in [0, 0.05) is 25.1 Å². The molecule has 0 amide bonds. The van der Waals surface area contributed by atoms with Crippen LogP contribution in [0.3, 0.4) is 0 Å². The SMILES string of the molecule is CC(C)c1nc(Cl)cc(N2CCOCC2)n1. The van der Waals surface area contributed by atoms with Crippen LogP contribution in [-0.4, -0.2) is 36.3 Å². The molecule has 0 radical (unpaired) electrons. The Labute approximate surface area is 101 Å². The first kappa shape index (κ1) is 11.6. The van der Waals surface area contributed by atoms with Crippen LogP contribution in [0.2, 0.25) is 5.15 Å². The van der Waals surface area contributed by atoms with Crippen LogP contribution in [0.4, 0.5) is 5.82 Å². The second kappa shape index (κ2) is 4.97. The maximum absolute atomic E-state index is 6.00. The van der Waals surface area contributed by atoms with E-state index < -0.39 is 0 Å². The van der Waals surface area contributed by atoms with Crippen molar-refractivity contribution in [3.63, 3.8) is 0 Å². The summed E-state index contributed by atoms with van der Waals surface area (Å²) in [5.74, 6) is 2.00. The number of nitrogens with zero attached hydrogens (tertiary/aromatic N) is 3. The monoisotopic (exact) mass is 241 g/mol. The molecule has 1 aromatic rings. The van der Waals surface area contributed by atoms with Gasteiger partial charge in [-0.3, -0.25) is 0 Å². The van der Waals surface area contributed by atoms with Crippen LogP contribution in [0.25, 0.3) is 0 Å². The molecule has 1 aliphatic rings. The Morgan fingerprint density at radius 3 is 2.62 bits per heavy atom. The number of aromatic nitrogens is 2. The molecule has 5 heteroatoms. The smallest absolute Gasteiger partial charge is 0.135 e. The second-order valence-corrected chi connectivity index (χ2v) is 4.55. The minimum absolute atomic E-state index is 0.290. The summed E-state index contributed by atoms with van der Waals surface area (Å²) in [6, 6.07) is 1.82. The molecule has 0 bridgehead atoms. The lowest BCUT2D eigenvalue weighted by Gasteiger charge is -2.28. The first-order valence-electron chi connectivity index (χ1n) is 5.54. The molecule has 2 heterocycles. The van der Waals surface area contributed by atoms with E-state index in [1.54, 1.807) is 0 Å². The van der Waals surface area contributed by atoms with Crippen molar-refractivity contribution in [2.45, 2.75) is 19.8 Å². The topological polar surface area (TPSA) is 38.2 Å². The fourth-order valence-corrected chi connectivity index (χ4v) is 1.82. The average molecular weight is 242 g/mol. The summed E-state index contributed by atoms with van der Waals surface area (Å²) in [6.07, 6.45) is 0. The van der Waals surface area contributed by atoms with Gasteiger partial charge in [-0.1, -0.05) is 25.4 Å². The third kappa shape index (κ3) is 2.62. The number of ether oxygens (including phenoxy) is 1. The predicted molar refractivity (Wildman–Crippen MR) is 64.2 cm³/mol. The van der Waals surface area contributed by atoms with Gasteiger partial charge in [0.1, 0.15) is 16.8 Å². The molecule has 0 aromatic carbocycles. The fraction of sp³-hybridized carbons (Fsp3) is 0.636. The van der Waals surface area contributed by atoms with Crippen molar-refractivity contribution >= 4 is 17.4 Å². The molecule has 0 saturated carbocycles. The van der Waals surface area contributed by atoms with Gasteiger partial charge in [-0.05, 0) is 0 Å². The van der Waals surface area contributed by atoms with Gasteiger partial charge in [-0.25, -0.2) is 9.97 Å². The van der Waals surface area contributed by atoms with Crippen LogP contribution >= 0.6 is 11.6 Å². The highest BCUT2D eigenvalue weighted by molar-refractivity contribution is 6.29. The molecule has 16 heavy (non-hydrogen) atoms. The lowest BCUT2D eigenvalue weighted by atomic mass is 10.2. The van der Waals surface area contributed by atoms with Crippen molar-refractivity contribution in [2.24, 2.45) is 0 Å². The van der Waals surface area contributed by atoms with Crippen LogP contribution in [0, 0.1) is 0 Å². The van der Waals surface area contributed by atoms with E-state index in [2.05, 4.69) is 28.7 Å². The van der Waals surface area contributed by atoms with Gasteiger partial charge in [0.2, 0.25) is 0 Å². The zero-order valence-corrected chi connectivity index (χ0v) is 10.4. The molecule has 4 nitrogen and oxygen atoms in total. The highest BCUT2D eigenvalue weighted by atomic mass is 35.5. The van der Waals surface area contributed by atoms with Crippen molar-refractivity contribution in [3.8, 4) is 0 Å². The minimum Gasteiger partial charge on any atom is -0.378 e. The maximum atomic E-state index is 6.00. The Kier molecular flexibility index (Phi) is 3.61. The van der Waals surface area contributed by atoms with Crippen molar-refractivity contribution in [1.82, 2.24) is 9.97 Å². The Morgan fingerprint density at radius 1 is 1.31 bits per heavy atom. The maximum Gasteiger partial charge on any atom is 0.135 e. The normalized spacial score (nSPS) is 16.9. The van der Waals surface area contributed by atoms with E-state index in [1.165, 1.54) is 0 Å². The number of rotatable bonds is 2. The number of hydrogen-bond acceptors (Lipinski definition) is 4. The minimum atomic E-state index is 0.290. The molecule has 0 aliphatic carbocycles. The molecule has 0 atom stereocenters. The van der Waals surface area contributed by atoms with Crippen LogP contribution in [-0.2, 0) is 4.74 Å². The van der Waals surface area contributed by atoms with E-state index in [9.17, 15) is 0 Å². The molecule has 1 saturated heterocycles. The molecule has 1 aromatic heterocycles. The molecular formula is C11H16ClN3O. The van der Waals surface area contributed by atoms with Gasteiger partial charge in [0.05, 0.1) is 13.2 Å². The molecule has 1 aliphatic heterocycles. The summed E-state index contributed by atoms with van der Waals surface area (Å²) >= 11 is 6.00. The largest absolute Gasteiger partial charge is 0.378 e. The third-order valence-electron chi connectivity index (χ3n) is 2.55. The van der Waals surface area contributed by atoms with Gasteiger partial charge in [0.25, 0.3) is 0 Å². The number of morpholine rings is 1. The Hall–Kier alpha value is -0.870. The average Bonchev–Trinajstić information content (AvgIpc) is 2.29. The summed E-state index contributed by atoms with van der Waals surface area (Å²) in [7, 11) is 0. The Morgan fingerprint density at radius 2 is 2.00 bits per heavy atom. The number of hydrogen-bond donors (Lipinski definition) is 0. The van der Waals surface area contributed by atoms with Gasteiger partial charge in [-0.2, -0.15) is 0 Å². The molecule has 2 rings (SSSR count). The van der Waals surface area contributed by atoms with Gasteiger partial charge in [-0.15, -0.1) is 0 Å². The first-order chi connectivity index (χ1) is 7.66. The summed E-state index contributed by atoms with van der Waals surface area (Å²) < 4.78 is 5.31. The van der Waals surface area contributed by atoms with E-state index in [-0.39, 0.29) is 0 Å². The van der Waals surface area contributed by atoms with E-state index >= 15 is 0 Å². The quantitative estimate of drug-likeness (QED) is 0.744. The van der Waals surface area contributed by atoms with Crippen LogP contribution in [0.1, 0.15) is 25.6 Å². The lowest BCUT2D eigenvalue weighted by molar-refractivity contribution is 0.122. The summed E-state index contributed by atoms with van der Waals surface area (Å²) in [5, 5.41) is 0.514.